The van der Waals surface area contributed by atoms with E-state index in [0.717, 1.165) is 0 Å². The summed E-state index contributed by atoms with van der Waals surface area (Å²) in [4.78, 5) is 24.0. The van der Waals surface area contributed by atoms with E-state index in [-0.39, 0.29) is 23.6 Å². The van der Waals surface area contributed by atoms with Gasteiger partial charge in [0.25, 0.3) is 0 Å². The third kappa shape index (κ3) is 4.44. The fourth-order valence-corrected chi connectivity index (χ4v) is 2.74. The predicted molar refractivity (Wildman–Crippen MR) is 88.8 cm³/mol. The summed E-state index contributed by atoms with van der Waals surface area (Å²) >= 11 is 1.37. The SMILES string of the molecule is C=CCNC(=O)Cn1cc(OC)c(=O)cc1CSc1nnnn1C. The average molecular weight is 350 g/mol. The van der Waals surface area contributed by atoms with Gasteiger partial charge in [-0.2, -0.15) is 0 Å². The van der Waals surface area contributed by atoms with E-state index in [9.17, 15) is 9.59 Å². The summed E-state index contributed by atoms with van der Waals surface area (Å²) in [7, 11) is 3.14. The molecule has 0 aliphatic rings. The Kier molecular flexibility index (Phi) is 6.13. The molecule has 128 valence electrons. The van der Waals surface area contributed by atoms with Crippen molar-refractivity contribution in [1.29, 1.82) is 0 Å². The van der Waals surface area contributed by atoms with E-state index in [4.69, 9.17) is 4.74 Å². The first-order valence-electron chi connectivity index (χ1n) is 7.05. The maximum atomic E-state index is 12.0. The Bertz CT molecular complexity index is 785. The first-order chi connectivity index (χ1) is 11.5. The maximum absolute atomic E-state index is 12.0. The first-order valence-corrected chi connectivity index (χ1v) is 8.03. The smallest absolute Gasteiger partial charge is 0.240 e. The second-order valence-electron chi connectivity index (χ2n) is 4.79. The number of nitrogens with one attached hydrogen (secondary N) is 1. The summed E-state index contributed by atoms with van der Waals surface area (Å²) in [5.41, 5.74) is 0.425. The molecule has 10 heteroatoms. The molecule has 0 atom stereocenters. The van der Waals surface area contributed by atoms with Gasteiger partial charge in [0, 0.05) is 31.1 Å². The van der Waals surface area contributed by atoms with Crippen molar-refractivity contribution in [1.82, 2.24) is 30.1 Å². The van der Waals surface area contributed by atoms with E-state index in [0.29, 0.717) is 23.1 Å². The van der Waals surface area contributed by atoms with E-state index >= 15 is 0 Å². The van der Waals surface area contributed by atoms with Gasteiger partial charge in [0.05, 0.1) is 13.3 Å². The molecular formula is C14H18N6O3S. The lowest BCUT2D eigenvalue weighted by Crippen LogP contribution is -2.29. The van der Waals surface area contributed by atoms with E-state index < -0.39 is 0 Å². The second-order valence-corrected chi connectivity index (χ2v) is 5.73. The van der Waals surface area contributed by atoms with Crippen LogP contribution in [0.25, 0.3) is 0 Å². The summed E-state index contributed by atoms with van der Waals surface area (Å²) < 4.78 is 8.26. The number of pyridine rings is 1. The summed E-state index contributed by atoms with van der Waals surface area (Å²) in [5, 5.41) is 14.5. The van der Waals surface area contributed by atoms with Crippen molar-refractivity contribution >= 4 is 17.7 Å². The van der Waals surface area contributed by atoms with Crippen LogP contribution in [0.3, 0.4) is 0 Å². The minimum atomic E-state index is -0.244. The van der Waals surface area contributed by atoms with Crippen LogP contribution in [0.1, 0.15) is 5.69 Å². The number of hydrogen-bond acceptors (Lipinski definition) is 7. The summed E-state index contributed by atoms with van der Waals surface area (Å²) in [6.07, 6.45) is 3.13. The fourth-order valence-electron chi connectivity index (χ4n) is 1.90. The lowest BCUT2D eigenvalue weighted by Gasteiger charge is -2.14. The minimum absolute atomic E-state index is 0.0669. The van der Waals surface area contributed by atoms with Crippen molar-refractivity contribution in [2.24, 2.45) is 7.05 Å². The number of amides is 1. The van der Waals surface area contributed by atoms with Crippen LogP contribution >= 0.6 is 11.8 Å². The summed E-state index contributed by atoms with van der Waals surface area (Å²) in [5.74, 6) is 0.426. The quantitative estimate of drug-likeness (QED) is 0.527. The third-order valence-electron chi connectivity index (χ3n) is 3.09. The Morgan fingerprint density at radius 1 is 1.54 bits per heavy atom. The standard InChI is InChI=1S/C14H18N6O3S/c1-4-5-15-13(22)8-20-7-12(23-3)11(21)6-10(20)9-24-14-16-17-18-19(14)2/h4,6-7H,1,5,8-9H2,2-3H3,(H,15,22). The number of tetrazole rings is 1. The van der Waals surface area contributed by atoms with Crippen molar-refractivity contribution in [3.8, 4) is 5.75 Å². The van der Waals surface area contributed by atoms with Gasteiger partial charge in [-0.05, 0) is 10.4 Å². The largest absolute Gasteiger partial charge is 0.491 e. The van der Waals surface area contributed by atoms with Gasteiger partial charge < -0.3 is 14.6 Å². The monoisotopic (exact) mass is 350 g/mol. The second kappa shape index (κ2) is 8.29. The molecule has 0 radical (unpaired) electrons. The molecule has 9 nitrogen and oxygen atoms in total. The highest BCUT2D eigenvalue weighted by Crippen LogP contribution is 2.19. The zero-order valence-corrected chi connectivity index (χ0v) is 14.2. The number of nitrogens with zero attached hydrogens (tertiary/aromatic N) is 5. The number of ether oxygens (including phenoxy) is 1. The zero-order valence-electron chi connectivity index (χ0n) is 13.4. The van der Waals surface area contributed by atoms with E-state index in [1.807, 2.05) is 0 Å². The lowest BCUT2D eigenvalue weighted by atomic mass is 10.3. The summed E-state index contributed by atoms with van der Waals surface area (Å²) in [6.45, 7) is 4.00. The van der Waals surface area contributed by atoms with Crippen molar-refractivity contribution in [2.45, 2.75) is 17.5 Å². The Balaban J connectivity index is 2.22. The van der Waals surface area contributed by atoms with Crippen LogP contribution in [-0.4, -0.2) is 44.3 Å². The van der Waals surface area contributed by atoms with E-state index in [1.165, 1.54) is 35.8 Å². The van der Waals surface area contributed by atoms with Gasteiger partial charge in [0.2, 0.25) is 16.5 Å². The number of rotatable bonds is 8. The van der Waals surface area contributed by atoms with Gasteiger partial charge in [-0.25, -0.2) is 4.68 Å². The van der Waals surface area contributed by atoms with Gasteiger partial charge in [0.15, 0.2) is 5.75 Å². The normalized spacial score (nSPS) is 10.4. The number of aryl methyl sites for hydroxylation is 1. The predicted octanol–water partition coefficient (Wildman–Crippen LogP) is -0.0251. The molecular weight excluding hydrogens is 332 g/mol. The highest BCUT2D eigenvalue weighted by atomic mass is 32.2. The van der Waals surface area contributed by atoms with Crippen LogP contribution in [0.4, 0.5) is 0 Å². The molecule has 0 fully saturated rings. The van der Waals surface area contributed by atoms with Gasteiger partial charge in [-0.15, -0.1) is 11.7 Å². The molecule has 24 heavy (non-hydrogen) atoms. The van der Waals surface area contributed by atoms with Crippen LogP contribution in [0.2, 0.25) is 0 Å². The molecule has 0 saturated heterocycles. The van der Waals surface area contributed by atoms with Crippen LogP contribution in [-0.2, 0) is 24.1 Å². The number of hydrogen-bond donors (Lipinski definition) is 1. The van der Waals surface area contributed by atoms with Gasteiger partial charge in [-0.1, -0.05) is 17.8 Å². The highest BCUT2D eigenvalue weighted by molar-refractivity contribution is 7.98. The molecule has 0 unspecified atom stereocenters. The molecule has 0 bridgehead atoms. The highest BCUT2D eigenvalue weighted by Gasteiger charge is 2.12. The van der Waals surface area contributed by atoms with Crippen molar-refractivity contribution in [3.05, 3.63) is 40.8 Å². The number of methoxy groups -OCH3 is 1. The van der Waals surface area contributed by atoms with Crippen LogP contribution in [0.15, 0.2) is 34.9 Å². The Labute approximate surface area is 142 Å². The molecule has 1 amide bonds. The number of thioether (sulfide) groups is 1. The lowest BCUT2D eigenvalue weighted by molar-refractivity contribution is -0.121. The van der Waals surface area contributed by atoms with Crippen LogP contribution in [0, 0.1) is 0 Å². The van der Waals surface area contributed by atoms with Crippen molar-refractivity contribution in [3.63, 3.8) is 0 Å². The molecule has 2 aromatic heterocycles. The van der Waals surface area contributed by atoms with Gasteiger partial charge >= 0.3 is 0 Å². The van der Waals surface area contributed by atoms with Crippen molar-refractivity contribution in [2.75, 3.05) is 13.7 Å². The average Bonchev–Trinajstić information content (AvgIpc) is 2.97. The van der Waals surface area contributed by atoms with Gasteiger partial charge in [-0.3, -0.25) is 9.59 Å². The number of carbonyl (C=O) groups is 1. The van der Waals surface area contributed by atoms with E-state index in [2.05, 4.69) is 27.4 Å². The molecule has 0 spiro atoms. The molecule has 0 aromatic carbocycles. The molecule has 0 saturated carbocycles. The molecule has 0 aliphatic heterocycles. The minimum Gasteiger partial charge on any atom is -0.491 e. The van der Waals surface area contributed by atoms with Crippen molar-refractivity contribution < 1.29 is 9.53 Å². The van der Waals surface area contributed by atoms with Crippen LogP contribution < -0.4 is 15.5 Å². The molecule has 1 N–H and O–H groups in total. The number of carbonyl (C=O) groups excluding carboxylic acids is 1. The first kappa shape index (κ1) is 17.7. The maximum Gasteiger partial charge on any atom is 0.240 e. The topological polar surface area (TPSA) is 104 Å². The zero-order chi connectivity index (χ0) is 17.5. The molecule has 2 heterocycles. The number of aromatic nitrogens is 5. The molecule has 2 aromatic rings. The van der Waals surface area contributed by atoms with Crippen LogP contribution in [0.5, 0.6) is 5.75 Å². The summed E-state index contributed by atoms with van der Waals surface area (Å²) in [6, 6.07) is 1.45. The molecule has 2 rings (SSSR count). The Morgan fingerprint density at radius 3 is 2.96 bits per heavy atom. The third-order valence-corrected chi connectivity index (χ3v) is 4.13. The van der Waals surface area contributed by atoms with Gasteiger partial charge in [0.1, 0.15) is 6.54 Å². The Hall–Kier alpha value is -2.62. The van der Waals surface area contributed by atoms with E-state index in [1.54, 1.807) is 17.7 Å². The Morgan fingerprint density at radius 2 is 2.33 bits per heavy atom. The molecule has 0 aliphatic carbocycles. The fraction of sp³-hybridized carbons (Fsp3) is 0.357.